The molecule has 0 saturated carbocycles. The highest BCUT2D eigenvalue weighted by Crippen LogP contribution is 1.81. The Hall–Kier alpha value is -0.110. The van der Waals surface area contributed by atoms with Gasteiger partial charge in [0.2, 0.25) is 0 Å². The van der Waals surface area contributed by atoms with E-state index in [1.165, 1.54) is 19.6 Å². The van der Waals surface area contributed by atoms with Crippen LogP contribution in [0.15, 0.2) is 0 Å². The largest absolute Gasteiger partial charge is 1.00 e. The first-order valence-corrected chi connectivity index (χ1v) is 3.07. The van der Waals surface area contributed by atoms with Gasteiger partial charge in [-0.3, -0.25) is 0 Å². The minimum Gasteiger partial charge on any atom is -1.00 e. The molecule has 0 fully saturated rings. The standard InChI is InChI=1S/C6H15N.FH/c1-4-7(5-2)6-3;/h4-6H2,1-3H3;1H/p-1. The lowest BCUT2D eigenvalue weighted by molar-refractivity contribution is -0.00000175. The van der Waals surface area contributed by atoms with Gasteiger partial charge in [0.05, 0.1) is 0 Å². The second-order valence-corrected chi connectivity index (χ2v) is 1.62. The molecule has 0 aromatic heterocycles. The third-order valence-corrected chi connectivity index (χ3v) is 1.34. The summed E-state index contributed by atoms with van der Waals surface area (Å²) in [7, 11) is 0. The number of nitrogens with zero attached hydrogens (tertiary/aromatic N) is 1. The van der Waals surface area contributed by atoms with Crippen LogP contribution in [0.5, 0.6) is 0 Å². The zero-order valence-corrected chi connectivity index (χ0v) is 5.95. The summed E-state index contributed by atoms with van der Waals surface area (Å²) in [5.74, 6) is 0. The van der Waals surface area contributed by atoms with Gasteiger partial charge >= 0.3 is 0 Å². The van der Waals surface area contributed by atoms with Crippen molar-refractivity contribution in [1.82, 2.24) is 4.90 Å². The van der Waals surface area contributed by atoms with Gasteiger partial charge in [0.1, 0.15) is 0 Å². The molecule has 0 unspecified atom stereocenters. The van der Waals surface area contributed by atoms with E-state index in [0.717, 1.165) is 0 Å². The molecule has 0 aromatic carbocycles. The van der Waals surface area contributed by atoms with E-state index < -0.39 is 0 Å². The molecule has 0 saturated heterocycles. The third kappa shape index (κ3) is 4.06. The van der Waals surface area contributed by atoms with Crippen LogP contribution in [0.2, 0.25) is 0 Å². The second-order valence-electron chi connectivity index (χ2n) is 1.62. The Labute approximate surface area is 51.1 Å². The summed E-state index contributed by atoms with van der Waals surface area (Å²) in [5.41, 5.74) is 0. The van der Waals surface area contributed by atoms with Crippen LogP contribution >= 0.6 is 0 Å². The normalized spacial score (nSPS) is 9.00. The Morgan fingerprint density at radius 3 is 1.12 bits per heavy atom. The van der Waals surface area contributed by atoms with E-state index in [0.29, 0.717) is 0 Å². The SMILES string of the molecule is CCN(CC)CC.[F-]. The van der Waals surface area contributed by atoms with Crippen molar-refractivity contribution in [2.45, 2.75) is 20.8 Å². The van der Waals surface area contributed by atoms with Crippen LogP contribution < -0.4 is 4.70 Å². The maximum absolute atomic E-state index is 2.38. The summed E-state index contributed by atoms with van der Waals surface area (Å²) < 4.78 is 0. The van der Waals surface area contributed by atoms with Gasteiger partial charge in [-0.05, 0) is 19.6 Å². The van der Waals surface area contributed by atoms with Crippen LogP contribution in [0, 0.1) is 0 Å². The first kappa shape index (κ1) is 10.8. The maximum Gasteiger partial charge on any atom is -0.00474 e. The number of hydrogen-bond donors (Lipinski definition) is 0. The van der Waals surface area contributed by atoms with Gasteiger partial charge in [0.25, 0.3) is 0 Å². The molecule has 0 aliphatic carbocycles. The van der Waals surface area contributed by atoms with E-state index >= 15 is 0 Å². The average molecular weight is 120 g/mol. The lowest BCUT2D eigenvalue weighted by Gasteiger charge is -2.13. The molecule has 0 heterocycles. The molecule has 0 aliphatic heterocycles. The summed E-state index contributed by atoms with van der Waals surface area (Å²) in [6.07, 6.45) is 0. The van der Waals surface area contributed by atoms with Gasteiger partial charge in [-0.25, -0.2) is 0 Å². The lowest BCUT2D eigenvalue weighted by atomic mass is 10.5. The van der Waals surface area contributed by atoms with E-state index in [2.05, 4.69) is 25.7 Å². The summed E-state index contributed by atoms with van der Waals surface area (Å²) >= 11 is 0. The van der Waals surface area contributed by atoms with Crippen LogP contribution in [0.4, 0.5) is 0 Å². The lowest BCUT2D eigenvalue weighted by Crippen LogP contribution is -3.00. The molecule has 0 bridgehead atoms. The van der Waals surface area contributed by atoms with Crippen molar-refractivity contribution in [3.05, 3.63) is 0 Å². The van der Waals surface area contributed by atoms with Crippen LogP contribution in [0.25, 0.3) is 0 Å². The molecule has 0 aliphatic rings. The van der Waals surface area contributed by atoms with Crippen molar-refractivity contribution >= 4 is 0 Å². The highest BCUT2D eigenvalue weighted by atomic mass is 19.0. The molecular formula is C6H15FN-. The Balaban J connectivity index is 0. The zero-order chi connectivity index (χ0) is 5.70. The predicted molar refractivity (Wildman–Crippen MR) is 33.5 cm³/mol. The van der Waals surface area contributed by atoms with Crippen molar-refractivity contribution in [2.75, 3.05) is 19.6 Å². The highest BCUT2D eigenvalue weighted by Gasteiger charge is 1.89. The Morgan fingerprint density at radius 2 is 1.12 bits per heavy atom. The molecule has 2 heteroatoms. The fourth-order valence-electron chi connectivity index (χ4n) is 0.671. The summed E-state index contributed by atoms with van der Waals surface area (Å²) in [5, 5.41) is 0. The molecule has 0 N–H and O–H groups in total. The molecule has 0 spiro atoms. The topological polar surface area (TPSA) is 3.24 Å². The van der Waals surface area contributed by atoms with Gasteiger partial charge < -0.3 is 9.60 Å². The summed E-state index contributed by atoms with van der Waals surface area (Å²) in [6, 6.07) is 0. The fraction of sp³-hybridized carbons (Fsp3) is 1.00. The Bertz CT molecular complexity index is 30.0. The van der Waals surface area contributed by atoms with E-state index in [1.54, 1.807) is 0 Å². The van der Waals surface area contributed by atoms with Gasteiger partial charge in [0, 0.05) is 0 Å². The minimum atomic E-state index is 0. The number of hydrogen-bond acceptors (Lipinski definition) is 1. The molecule has 52 valence electrons. The Kier molecular flexibility index (Phi) is 9.30. The zero-order valence-electron chi connectivity index (χ0n) is 5.95. The number of rotatable bonds is 3. The molecule has 8 heavy (non-hydrogen) atoms. The summed E-state index contributed by atoms with van der Waals surface area (Å²) in [6.45, 7) is 10.1. The highest BCUT2D eigenvalue weighted by molar-refractivity contribution is 4.43. The van der Waals surface area contributed by atoms with E-state index in [4.69, 9.17) is 0 Å². The first-order valence-electron chi connectivity index (χ1n) is 3.07. The molecule has 0 rings (SSSR count). The molecule has 1 nitrogen and oxygen atoms in total. The van der Waals surface area contributed by atoms with Crippen molar-refractivity contribution in [3.63, 3.8) is 0 Å². The van der Waals surface area contributed by atoms with Crippen molar-refractivity contribution in [2.24, 2.45) is 0 Å². The van der Waals surface area contributed by atoms with Crippen LogP contribution in [-0.4, -0.2) is 24.5 Å². The van der Waals surface area contributed by atoms with E-state index in [9.17, 15) is 0 Å². The van der Waals surface area contributed by atoms with Crippen LogP contribution in [-0.2, 0) is 0 Å². The smallest absolute Gasteiger partial charge is 0.00474 e. The van der Waals surface area contributed by atoms with Gasteiger partial charge in [-0.15, -0.1) is 0 Å². The Morgan fingerprint density at radius 1 is 0.875 bits per heavy atom. The van der Waals surface area contributed by atoms with Crippen LogP contribution in [0.1, 0.15) is 20.8 Å². The minimum absolute atomic E-state index is 0. The molecule has 0 aromatic rings. The van der Waals surface area contributed by atoms with E-state index in [-0.39, 0.29) is 4.70 Å². The van der Waals surface area contributed by atoms with Crippen LogP contribution in [0.3, 0.4) is 0 Å². The third-order valence-electron chi connectivity index (χ3n) is 1.34. The fourth-order valence-corrected chi connectivity index (χ4v) is 0.671. The van der Waals surface area contributed by atoms with Crippen molar-refractivity contribution in [3.8, 4) is 0 Å². The van der Waals surface area contributed by atoms with Crippen molar-refractivity contribution < 1.29 is 4.70 Å². The van der Waals surface area contributed by atoms with Gasteiger partial charge in [0.15, 0.2) is 0 Å². The average Bonchev–Trinajstić information content (AvgIpc) is 1.72. The van der Waals surface area contributed by atoms with E-state index in [1.807, 2.05) is 0 Å². The van der Waals surface area contributed by atoms with Crippen molar-refractivity contribution in [1.29, 1.82) is 0 Å². The molecular weight excluding hydrogens is 105 g/mol. The molecule has 0 amide bonds. The quantitative estimate of drug-likeness (QED) is 0.431. The van der Waals surface area contributed by atoms with Gasteiger partial charge in [-0.2, -0.15) is 0 Å². The maximum atomic E-state index is 2.38. The predicted octanol–water partition coefficient (Wildman–Crippen LogP) is -1.65. The number of halogens is 1. The molecule has 0 atom stereocenters. The monoisotopic (exact) mass is 120 g/mol. The summed E-state index contributed by atoms with van der Waals surface area (Å²) in [4.78, 5) is 2.38. The second kappa shape index (κ2) is 6.89. The molecule has 0 radical (unpaired) electrons. The first-order chi connectivity index (χ1) is 3.35. The van der Waals surface area contributed by atoms with Gasteiger partial charge in [-0.1, -0.05) is 20.8 Å².